The van der Waals surface area contributed by atoms with Crippen molar-refractivity contribution in [3.05, 3.63) is 21.6 Å². The normalized spacial score (nSPS) is 19.6. The van der Waals surface area contributed by atoms with E-state index in [0.29, 0.717) is 5.92 Å². The average Bonchev–Trinajstić information content (AvgIpc) is 3.07. The Labute approximate surface area is 110 Å². The Kier molecular flexibility index (Phi) is 2.50. The van der Waals surface area contributed by atoms with Crippen molar-refractivity contribution >= 4 is 11.3 Å². The van der Waals surface area contributed by atoms with Gasteiger partial charge in [-0.05, 0) is 44.1 Å². The summed E-state index contributed by atoms with van der Waals surface area (Å²) in [6, 6.07) is 0. The lowest BCUT2D eigenvalue weighted by Crippen LogP contribution is -1.88. The van der Waals surface area contributed by atoms with Crippen LogP contribution in [-0.4, -0.2) is 10.1 Å². The second kappa shape index (κ2) is 4.19. The minimum Gasteiger partial charge on any atom is -0.334 e. The molecule has 2 aromatic heterocycles. The Morgan fingerprint density at radius 2 is 2.06 bits per heavy atom. The fourth-order valence-corrected chi connectivity index (χ4v) is 3.82. The maximum Gasteiger partial charge on any atom is 0.259 e. The Hall–Kier alpha value is -1.16. The molecule has 4 rings (SSSR count). The second-order valence-corrected chi connectivity index (χ2v) is 6.31. The van der Waals surface area contributed by atoms with Crippen molar-refractivity contribution in [3.63, 3.8) is 0 Å². The minimum atomic E-state index is 0.569. The molecule has 0 spiro atoms. The van der Waals surface area contributed by atoms with E-state index in [1.165, 1.54) is 60.9 Å². The third kappa shape index (κ3) is 1.79. The van der Waals surface area contributed by atoms with Crippen LogP contribution < -0.4 is 0 Å². The summed E-state index contributed by atoms with van der Waals surface area (Å²) in [6.45, 7) is 0. The van der Waals surface area contributed by atoms with E-state index in [1.807, 2.05) is 11.3 Å². The van der Waals surface area contributed by atoms with Crippen LogP contribution in [0.1, 0.15) is 54.3 Å². The van der Waals surface area contributed by atoms with Gasteiger partial charge in [0.15, 0.2) is 5.82 Å². The number of hydrogen-bond acceptors (Lipinski definition) is 4. The summed E-state index contributed by atoms with van der Waals surface area (Å²) in [6.07, 6.45) is 8.81. The van der Waals surface area contributed by atoms with E-state index in [2.05, 4.69) is 15.5 Å². The third-order valence-corrected chi connectivity index (χ3v) is 5.01. The number of aromatic nitrogens is 2. The van der Waals surface area contributed by atoms with Crippen molar-refractivity contribution in [2.45, 2.75) is 50.9 Å². The minimum absolute atomic E-state index is 0.569. The average molecular weight is 260 g/mol. The van der Waals surface area contributed by atoms with Crippen molar-refractivity contribution in [3.8, 4) is 11.5 Å². The first-order valence-corrected chi connectivity index (χ1v) is 7.73. The largest absolute Gasteiger partial charge is 0.334 e. The fraction of sp³-hybridized carbons (Fsp3) is 0.571. The lowest BCUT2D eigenvalue weighted by molar-refractivity contribution is 0.422. The van der Waals surface area contributed by atoms with Gasteiger partial charge in [0, 0.05) is 16.2 Å². The van der Waals surface area contributed by atoms with Crippen LogP contribution in [0.25, 0.3) is 11.5 Å². The zero-order chi connectivity index (χ0) is 11.9. The molecule has 2 aromatic rings. The maximum atomic E-state index is 5.46. The second-order valence-electron chi connectivity index (χ2n) is 5.34. The zero-order valence-corrected chi connectivity index (χ0v) is 11.1. The standard InChI is InChI=1S/C14H16N2OS/c1-2-4-10-11(8-18-12(10)5-3-1)14-15-13(16-17-14)9-6-7-9/h8-9H,1-7H2. The molecular formula is C14H16N2OS. The number of rotatable bonds is 2. The van der Waals surface area contributed by atoms with Crippen LogP contribution in [0.2, 0.25) is 0 Å². The summed E-state index contributed by atoms with van der Waals surface area (Å²) in [7, 11) is 0. The Morgan fingerprint density at radius 1 is 1.17 bits per heavy atom. The molecule has 0 N–H and O–H groups in total. The van der Waals surface area contributed by atoms with E-state index in [0.717, 1.165) is 11.7 Å². The van der Waals surface area contributed by atoms with Crippen molar-refractivity contribution in [1.29, 1.82) is 0 Å². The van der Waals surface area contributed by atoms with Gasteiger partial charge in [0.05, 0.1) is 5.56 Å². The third-order valence-electron chi connectivity index (χ3n) is 3.93. The molecule has 2 aliphatic carbocycles. The predicted molar refractivity (Wildman–Crippen MR) is 70.8 cm³/mol. The van der Waals surface area contributed by atoms with E-state index < -0.39 is 0 Å². The first-order valence-electron chi connectivity index (χ1n) is 6.85. The highest BCUT2D eigenvalue weighted by Gasteiger charge is 2.29. The molecule has 2 heterocycles. The molecule has 1 saturated carbocycles. The van der Waals surface area contributed by atoms with Gasteiger partial charge in [-0.2, -0.15) is 4.98 Å². The molecule has 1 fully saturated rings. The highest BCUT2D eigenvalue weighted by molar-refractivity contribution is 7.10. The molecule has 18 heavy (non-hydrogen) atoms. The van der Waals surface area contributed by atoms with Gasteiger partial charge in [-0.1, -0.05) is 11.6 Å². The molecule has 2 aliphatic rings. The molecule has 0 saturated heterocycles. The van der Waals surface area contributed by atoms with Crippen LogP contribution >= 0.6 is 11.3 Å². The number of fused-ring (bicyclic) bond motifs is 1. The molecule has 0 radical (unpaired) electrons. The highest BCUT2D eigenvalue weighted by Crippen LogP contribution is 2.40. The lowest BCUT2D eigenvalue weighted by atomic mass is 10.1. The van der Waals surface area contributed by atoms with Crippen molar-refractivity contribution < 1.29 is 4.52 Å². The molecule has 0 atom stereocenters. The van der Waals surface area contributed by atoms with Gasteiger partial charge < -0.3 is 4.52 Å². The van der Waals surface area contributed by atoms with E-state index in [1.54, 1.807) is 0 Å². The number of thiophene rings is 1. The van der Waals surface area contributed by atoms with Crippen molar-refractivity contribution in [1.82, 2.24) is 10.1 Å². The summed E-state index contributed by atoms with van der Waals surface area (Å²) in [5.41, 5.74) is 2.68. The number of hydrogen-bond donors (Lipinski definition) is 0. The van der Waals surface area contributed by atoms with Crippen LogP contribution in [0.5, 0.6) is 0 Å². The van der Waals surface area contributed by atoms with Crippen molar-refractivity contribution in [2.24, 2.45) is 0 Å². The first kappa shape index (κ1) is 10.7. The van der Waals surface area contributed by atoms with Gasteiger partial charge in [-0.25, -0.2) is 0 Å². The van der Waals surface area contributed by atoms with Crippen molar-refractivity contribution in [2.75, 3.05) is 0 Å². The monoisotopic (exact) mass is 260 g/mol. The van der Waals surface area contributed by atoms with Crippen LogP contribution in [-0.2, 0) is 12.8 Å². The summed E-state index contributed by atoms with van der Waals surface area (Å²) in [5, 5.41) is 6.33. The van der Waals surface area contributed by atoms with Gasteiger partial charge in [0.25, 0.3) is 5.89 Å². The van der Waals surface area contributed by atoms with Crippen LogP contribution in [0.3, 0.4) is 0 Å². The molecule has 0 aromatic carbocycles. The molecule has 94 valence electrons. The molecule has 0 bridgehead atoms. The molecule has 0 unspecified atom stereocenters. The SMILES string of the molecule is c1sc2c(c1-c1nc(C3CC3)no1)CCCCC2. The van der Waals surface area contributed by atoms with E-state index in [-0.39, 0.29) is 0 Å². The fourth-order valence-electron chi connectivity index (χ4n) is 2.70. The van der Waals surface area contributed by atoms with E-state index >= 15 is 0 Å². The summed E-state index contributed by atoms with van der Waals surface area (Å²) in [5.74, 6) is 2.23. The number of nitrogens with zero attached hydrogens (tertiary/aromatic N) is 2. The summed E-state index contributed by atoms with van der Waals surface area (Å²) >= 11 is 1.87. The van der Waals surface area contributed by atoms with Crippen LogP contribution in [0.15, 0.2) is 9.90 Å². The number of aryl methyl sites for hydroxylation is 1. The van der Waals surface area contributed by atoms with Gasteiger partial charge >= 0.3 is 0 Å². The lowest BCUT2D eigenvalue weighted by Gasteiger charge is -1.99. The van der Waals surface area contributed by atoms with Gasteiger partial charge in [-0.3, -0.25) is 0 Å². The van der Waals surface area contributed by atoms with E-state index in [9.17, 15) is 0 Å². The zero-order valence-electron chi connectivity index (χ0n) is 10.3. The smallest absolute Gasteiger partial charge is 0.259 e. The Balaban J connectivity index is 1.72. The summed E-state index contributed by atoms with van der Waals surface area (Å²) < 4.78 is 5.46. The first-order chi connectivity index (χ1) is 8.92. The van der Waals surface area contributed by atoms with Gasteiger partial charge in [0.1, 0.15) is 0 Å². The predicted octanol–water partition coefficient (Wildman–Crippen LogP) is 3.94. The molecule has 0 aliphatic heterocycles. The molecule has 0 amide bonds. The molecular weight excluding hydrogens is 244 g/mol. The maximum absolute atomic E-state index is 5.46. The Morgan fingerprint density at radius 3 is 2.94 bits per heavy atom. The molecule has 4 heteroatoms. The van der Waals surface area contributed by atoms with Crippen LogP contribution in [0.4, 0.5) is 0 Å². The Bertz CT molecular complexity index is 568. The van der Waals surface area contributed by atoms with Gasteiger partial charge in [0.2, 0.25) is 0 Å². The highest BCUT2D eigenvalue weighted by atomic mass is 32.1. The topological polar surface area (TPSA) is 38.9 Å². The quantitative estimate of drug-likeness (QED) is 0.768. The van der Waals surface area contributed by atoms with Crippen LogP contribution in [0, 0.1) is 0 Å². The van der Waals surface area contributed by atoms with Gasteiger partial charge in [-0.15, -0.1) is 11.3 Å². The molecule has 3 nitrogen and oxygen atoms in total. The summed E-state index contributed by atoms with van der Waals surface area (Å²) in [4.78, 5) is 6.12. The van der Waals surface area contributed by atoms with E-state index in [4.69, 9.17) is 4.52 Å².